The second kappa shape index (κ2) is 8.56. The molecule has 1 saturated heterocycles. The van der Waals surface area contributed by atoms with Gasteiger partial charge in [0.25, 0.3) is 5.91 Å². The predicted molar refractivity (Wildman–Crippen MR) is 115 cm³/mol. The molecule has 0 aliphatic carbocycles. The van der Waals surface area contributed by atoms with Crippen molar-refractivity contribution in [2.45, 2.75) is 44.9 Å². The van der Waals surface area contributed by atoms with Crippen LogP contribution in [0, 0.1) is 0 Å². The molecule has 2 aromatic carbocycles. The van der Waals surface area contributed by atoms with E-state index in [1.165, 1.54) is 31.5 Å². The molecule has 1 atom stereocenters. The van der Waals surface area contributed by atoms with Gasteiger partial charge in [-0.1, -0.05) is 59.2 Å². The summed E-state index contributed by atoms with van der Waals surface area (Å²) < 4.78 is 0. The van der Waals surface area contributed by atoms with Crippen molar-refractivity contribution >= 4 is 23.2 Å². The smallest absolute Gasteiger partial charge is 0.267 e. The molecule has 0 aromatic heterocycles. The summed E-state index contributed by atoms with van der Waals surface area (Å²) in [6.45, 7) is 5.54. The average Bonchev–Trinajstić information content (AvgIpc) is 3.37. The van der Waals surface area contributed by atoms with Crippen LogP contribution < -0.4 is 5.32 Å². The third-order valence-corrected chi connectivity index (χ3v) is 5.91. The minimum Gasteiger partial charge on any atom is -0.379 e. The van der Waals surface area contributed by atoms with Crippen molar-refractivity contribution in [1.29, 1.82) is 0 Å². The van der Waals surface area contributed by atoms with Gasteiger partial charge in [0.15, 0.2) is 0 Å². The summed E-state index contributed by atoms with van der Waals surface area (Å²) in [6, 6.07) is 15.9. The van der Waals surface area contributed by atoms with Gasteiger partial charge < -0.3 is 10.2 Å². The number of rotatable bonds is 6. The molecule has 1 N–H and O–H groups in total. The Morgan fingerprint density at radius 3 is 2.72 bits per heavy atom. The molecule has 6 heteroatoms. The first-order valence-electron chi connectivity index (χ1n) is 10.1. The zero-order valence-electron chi connectivity index (χ0n) is 16.7. The van der Waals surface area contributed by atoms with Crippen LogP contribution in [0.2, 0.25) is 5.02 Å². The lowest BCUT2D eigenvalue weighted by molar-refractivity contribution is -0.141. The molecule has 29 heavy (non-hydrogen) atoms. The highest BCUT2D eigenvalue weighted by molar-refractivity contribution is 6.34. The molecule has 2 aliphatic heterocycles. The minimum absolute atomic E-state index is 0.173. The number of nitrogens with one attached hydrogen (secondary N) is 1. The topological polar surface area (TPSA) is 53.9 Å². The Hall–Kier alpha value is -2.37. The van der Waals surface area contributed by atoms with Gasteiger partial charge >= 0.3 is 0 Å². The van der Waals surface area contributed by atoms with E-state index in [1.807, 2.05) is 30.3 Å². The van der Waals surface area contributed by atoms with Crippen LogP contribution in [-0.2, 0) is 22.7 Å². The van der Waals surface area contributed by atoms with Crippen molar-refractivity contribution in [3.63, 3.8) is 0 Å². The maximum absolute atomic E-state index is 12.8. The molecule has 2 aromatic rings. The molecule has 0 unspecified atom stereocenters. The van der Waals surface area contributed by atoms with Crippen LogP contribution >= 0.6 is 11.6 Å². The highest BCUT2D eigenvalue weighted by atomic mass is 35.5. The number of carbonyl (C=O) groups excluding carboxylic acids is 1. The summed E-state index contributed by atoms with van der Waals surface area (Å²) in [5, 5.41) is 7.74. The molecular weight excluding hydrogens is 386 g/mol. The molecule has 1 fully saturated rings. The van der Waals surface area contributed by atoms with Crippen molar-refractivity contribution < 1.29 is 9.63 Å². The highest BCUT2D eigenvalue weighted by Crippen LogP contribution is 2.29. The van der Waals surface area contributed by atoms with Gasteiger partial charge in [0, 0.05) is 30.1 Å². The number of hydrogen-bond donors (Lipinski definition) is 1. The summed E-state index contributed by atoms with van der Waals surface area (Å²) in [6.07, 6.45) is 2.96. The second-order valence-electron chi connectivity index (χ2n) is 8.00. The lowest BCUT2D eigenvalue weighted by Crippen LogP contribution is -2.44. The van der Waals surface area contributed by atoms with Gasteiger partial charge in [0.2, 0.25) is 5.60 Å². The molecular formula is C23H26ClN3O2. The van der Waals surface area contributed by atoms with E-state index in [-0.39, 0.29) is 5.91 Å². The quantitative estimate of drug-likeness (QED) is 0.777. The van der Waals surface area contributed by atoms with E-state index in [2.05, 4.69) is 33.6 Å². The van der Waals surface area contributed by atoms with Crippen molar-refractivity contribution in [2.75, 3.05) is 13.1 Å². The number of carbonyl (C=O) groups is 1. The number of benzene rings is 2. The van der Waals surface area contributed by atoms with Crippen molar-refractivity contribution in [1.82, 2.24) is 10.2 Å². The zero-order chi connectivity index (χ0) is 20.3. The van der Waals surface area contributed by atoms with Gasteiger partial charge in [0.1, 0.15) is 0 Å². The Morgan fingerprint density at radius 2 is 1.93 bits per heavy atom. The molecule has 5 nitrogen and oxygen atoms in total. The Labute approximate surface area is 176 Å². The molecule has 0 spiro atoms. The third kappa shape index (κ3) is 4.62. The van der Waals surface area contributed by atoms with E-state index in [4.69, 9.17) is 16.4 Å². The van der Waals surface area contributed by atoms with E-state index in [9.17, 15) is 4.79 Å². The molecule has 1 amide bonds. The lowest BCUT2D eigenvalue weighted by atomic mass is 9.95. The molecule has 4 rings (SSSR count). The zero-order valence-corrected chi connectivity index (χ0v) is 17.4. The third-order valence-electron chi connectivity index (χ3n) is 5.58. The van der Waals surface area contributed by atoms with E-state index in [1.54, 1.807) is 6.92 Å². The van der Waals surface area contributed by atoms with Crippen LogP contribution in [-0.4, -0.2) is 35.2 Å². The first-order valence-corrected chi connectivity index (χ1v) is 10.5. The van der Waals surface area contributed by atoms with E-state index >= 15 is 0 Å². The number of nitrogens with zero attached hydrogens (tertiary/aromatic N) is 2. The Bertz CT molecular complexity index is 924. The number of amides is 1. The Balaban J connectivity index is 1.35. The number of oxime groups is 1. The van der Waals surface area contributed by atoms with E-state index < -0.39 is 5.60 Å². The Kier molecular flexibility index (Phi) is 5.88. The Morgan fingerprint density at radius 1 is 1.17 bits per heavy atom. The van der Waals surface area contributed by atoms with Crippen LogP contribution in [0.25, 0.3) is 0 Å². The van der Waals surface area contributed by atoms with Crippen molar-refractivity contribution in [3.8, 4) is 0 Å². The summed E-state index contributed by atoms with van der Waals surface area (Å²) in [5.41, 5.74) is 2.85. The van der Waals surface area contributed by atoms with Gasteiger partial charge in [0.05, 0.1) is 5.71 Å². The number of hydrogen-bond acceptors (Lipinski definition) is 4. The van der Waals surface area contributed by atoms with Crippen LogP contribution in [0.3, 0.4) is 0 Å². The fourth-order valence-electron chi connectivity index (χ4n) is 3.91. The van der Waals surface area contributed by atoms with Gasteiger partial charge in [-0.25, -0.2) is 0 Å². The van der Waals surface area contributed by atoms with Gasteiger partial charge in [-0.2, -0.15) is 0 Å². The fourth-order valence-corrected chi connectivity index (χ4v) is 4.15. The maximum Gasteiger partial charge on any atom is 0.267 e. The van der Waals surface area contributed by atoms with Gasteiger partial charge in [-0.05, 0) is 50.0 Å². The van der Waals surface area contributed by atoms with Crippen molar-refractivity contribution in [3.05, 3.63) is 70.2 Å². The lowest BCUT2D eigenvalue weighted by Gasteiger charge is -2.21. The summed E-state index contributed by atoms with van der Waals surface area (Å²) in [5.74, 6) is -0.173. The normalized spacial score (nSPS) is 21.7. The summed E-state index contributed by atoms with van der Waals surface area (Å²) in [7, 11) is 0. The first-order chi connectivity index (χ1) is 14.0. The molecule has 2 aliphatic rings. The second-order valence-corrected chi connectivity index (χ2v) is 8.41. The highest BCUT2D eigenvalue weighted by Gasteiger charge is 2.42. The van der Waals surface area contributed by atoms with Gasteiger partial charge in [-0.15, -0.1) is 0 Å². The van der Waals surface area contributed by atoms with E-state index in [0.717, 1.165) is 17.7 Å². The van der Waals surface area contributed by atoms with Crippen LogP contribution in [0.5, 0.6) is 0 Å². The largest absolute Gasteiger partial charge is 0.379 e. The van der Waals surface area contributed by atoms with E-state index in [0.29, 0.717) is 23.7 Å². The number of halogens is 1. The predicted octanol–water partition coefficient (Wildman–Crippen LogP) is 4.14. The monoisotopic (exact) mass is 411 g/mol. The molecule has 0 saturated carbocycles. The van der Waals surface area contributed by atoms with Crippen LogP contribution in [0.4, 0.5) is 0 Å². The average molecular weight is 412 g/mol. The minimum atomic E-state index is -1.03. The first kappa shape index (κ1) is 19.9. The fraction of sp³-hybridized carbons (Fsp3) is 0.391. The molecule has 0 radical (unpaired) electrons. The van der Waals surface area contributed by atoms with Crippen LogP contribution in [0.15, 0.2) is 53.7 Å². The SMILES string of the molecule is C[C@]1(C(=O)NCc2cccc(CN3CCCC3)c2)CC(c2ccccc2Cl)=NO1. The molecule has 2 heterocycles. The summed E-state index contributed by atoms with van der Waals surface area (Å²) >= 11 is 6.25. The van der Waals surface area contributed by atoms with Crippen LogP contribution in [0.1, 0.15) is 42.9 Å². The molecule has 0 bridgehead atoms. The standard InChI is InChI=1S/C23H26ClN3O2/c1-23(14-21(26-29-23)19-9-2-3-10-20(19)24)22(28)25-15-17-7-6-8-18(13-17)16-27-11-4-5-12-27/h2-3,6-10,13H,4-5,11-12,14-16H2,1H3,(H,25,28)/t23-/m1/s1. The number of likely N-dealkylation sites (tertiary alicyclic amines) is 1. The summed E-state index contributed by atoms with van der Waals surface area (Å²) in [4.78, 5) is 20.8. The maximum atomic E-state index is 12.8. The van der Waals surface area contributed by atoms with Gasteiger partial charge in [-0.3, -0.25) is 9.69 Å². The van der Waals surface area contributed by atoms with Crippen molar-refractivity contribution in [2.24, 2.45) is 5.16 Å². The molecule has 152 valence electrons.